The minimum absolute atomic E-state index is 0.0240. The van der Waals surface area contributed by atoms with E-state index in [1.165, 1.54) is 36.0 Å². The summed E-state index contributed by atoms with van der Waals surface area (Å²) in [6.45, 7) is 1.62. The molecule has 0 aliphatic heterocycles. The number of nitrogens with one attached hydrogen (secondary N) is 1. The predicted molar refractivity (Wildman–Crippen MR) is 110 cm³/mol. The Kier molecular flexibility index (Phi) is 6.49. The number of carbonyl (C=O) groups excluding carboxylic acids is 1. The fourth-order valence-corrected chi connectivity index (χ4v) is 3.87. The lowest BCUT2D eigenvalue weighted by atomic mass is 9.96. The third-order valence-electron chi connectivity index (χ3n) is 4.41. The Bertz CT molecular complexity index is 899. The van der Waals surface area contributed by atoms with Crippen molar-refractivity contribution in [2.75, 3.05) is 6.54 Å². The molecule has 0 aliphatic carbocycles. The van der Waals surface area contributed by atoms with Crippen molar-refractivity contribution < 1.29 is 14.3 Å². The zero-order chi connectivity index (χ0) is 20.0. The maximum atomic E-state index is 13.1. The molecule has 0 heterocycles. The van der Waals surface area contributed by atoms with E-state index in [4.69, 9.17) is 0 Å². The fourth-order valence-electron chi connectivity index (χ4n) is 2.80. The van der Waals surface area contributed by atoms with Gasteiger partial charge < -0.3 is 10.4 Å². The van der Waals surface area contributed by atoms with Crippen LogP contribution in [0.3, 0.4) is 0 Å². The minimum atomic E-state index is -1.30. The third kappa shape index (κ3) is 5.21. The Morgan fingerprint density at radius 3 is 2.18 bits per heavy atom. The van der Waals surface area contributed by atoms with Crippen molar-refractivity contribution in [2.24, 2.45) is 0 Å². The second kappa shape index (κ2) is 9.04. The van der Waals surface area contributed by atoms with Gasteiger partial charge in [0, 0.05) is 4.90 Å². The molecule has 1 amide bonds. The van der Waals surface area contributed by atoms with E-state index in [0.29, 0.717) is 5.56 Å². The van der Waals surface area contributed by atoms with Gasteiger partial charge in [-0.05, 0) is 42.3 Å². The van der Waals surface area contributed by atoms with Gasteiger partial charge in [-0.1, -0.05) is 60.7 Å². The van der Waals surface area contributed by atoms with Gasteiger partial charge in [-0.25, -0.2) is 4.39 Å². The fraction of sp³-hybridized carbons (Fsp3) is 0.174. The standard InChI is InChI=1S/C23H22FNO2S/c1-23(27,18-12-14-19(24)15-13-18)16-25-22(26)21(17-8-4-2-5-9-17)28-20-10-6-3-7-11-20/h2-15,21,27H,16H2,1H3,(H,25,26). The number of rotatable bonds is 7. The number of benzene rings is 3. The summed E-state index contributed by atoms with van der Waals surface area (Å²) in [5.41, 5.74) is 0.124. The maximum Gasteiger partial charge on any atom is 0.238 e. The van der Waals surface area contributed by atoms with E-state index >= 15 is 0 Å². The van der Waals surface area contributed by atoms with Crippen LogP contribution in [-0.2, 0) is 10.4 Å². The monoisotopic (exact) mass is 395 g/mol. The molecule has 28 heavy (non-hydrogen) atoms. The summed E-state index contributed by atoms with van der Waals surface area (Å²) in [6, 6.07) is 24.9. The van der Waals surface area contributed by atoms with Gasteiger partial charge in [0.15, 0.2) is 0 Å². The molecule has 2 atom stereocenters. The summed E-state index contributed by atoms with van der Waals surface area (Å²) in [5, 5.41) is 13.1. The van der Waals surface area contributed by atoms with Crippen LogP contribution in [0.1, 0.15) is 23.3 Å². The number of hydrogen-bond donors (Lipinski definition) is 2. The summed E-state index contributed by atoms with van der Waals surface area (Å²) in [5.74, 6) is -0.561. The number of amides is 1. The number of halogens is 1. The van der Waals surface area contributed by atoms with Gasteiger partial charge in [-0.15, -0.1) is 11.8 Å². The molecular formula is C23H22FNO2S. The molecule has 5 heteroatoms. The van der Waals surface area contributed by atoms with Crippen molar-refractivity contribution in [3.63, 3.8) is 0 Å². The molecule has 2 unspecified atom stereocenters. The lowest BCUT2D eigenvalue weighted by molar-refractivity contribution is -0.121. The van der Waals surface area contributed by atoms with Crippen molar-refractivity contribution >= 4 is 17.7 Å². The molecule has 0 saturated heterocycles. The molecule has 0 bridgehead atoms. The van der Waals surface area contributed by atoms with E-state index in [-0.39, 0.29) is 18.3 Å². The van der Waals surface area contributed by atoms with Crippen LogP contribution >= 0.6 is 11.8 Å². The van der Waals surface area contributed by atoms with E-state index < -0.39 is 10.9 Å². The normalized spacial score (nSPS) is 14.1. The zero-order valence-corrected chi connectivity index (χ0v) is 16.3. The molecule has 2 N–H and O–H groups in total. The number of carbonyl (C=O) groups is 1. The Balaban J connectivity index is 1.74. The SMILES string of the molecule is CC(O)(CNC(=O)C(Sc1ccccc1)c1ccccc1)c1ccc(F)cc1. The quantitative estimate of drug-likeness (QED) is 0.571. The van der Waals surface area contributed by atoms with Crippen LogP contribution in [-0.4, -0.2) is 17.6 Å². The molecule has 3 rings (SSSR count). The Morgan fingerprint density at radius 1 is 1.00 bits per heavy atom. The lowest BCUT2D eigenvalue weighted by Crippen LogP contribution is -2.40. The first-order valence-corrected chi connectivity index (χ1v) is 9.86. The van der Waals surface area contributed by atoms with Gasteiger partial charge in [-0.3, -0.25) is 4.79 Å². The number of hydrogen-bond acceptors (Lipinski definition) is 3. The average Bonchev–Trinajstić information content (AvgIpc) is 2.72. The second-order valence-electron chi connectivity index (χ2n) is 6.72. The highest BCUT2D eigenvalue weighted by Crippen LogP contribution is 2.35. The summed E-state index contributed by atoms with van der Waals surface area (Å²) >= 11 is 1.46. The average molecular weight is 395 g/mol. The predicted octanol–water partition coefficient (Wildman–Crippen LogP) is 4.68. The van der Waals surface area contributed by atoms with Crippen LogP contribution in [0.25, 0.3) is 0 Å². The van der Waals surface area contributed by atoms with Crippen LogP contribution in [0, 0.1) is 5.82 Å². The van der Waals surface area contributed by atoms with Crippen LogP contribution in [0.4, 0.5) is 4.39 Å². The smallest absolute Gasteiger partial charge is 0.238 e. The summed E-state index contributed by atoms with van der Waals surface area (Å²) < 4.78 is 13.1. The molecule has 0 saturated carbocycles. The molecule has 0 spiro atoms. The minimum Gasteiger partial charge on any atom is -0.384 e. The second-order valence-corrected chi connectivity index (χ2v) is 7.90. The van der Waals surface area contributed by atoms with E-state index in [1.54, 1.807) is 6.92 Å². The van der Waals surface area contributed by atoms with E-state index in [0.717, 1.165) is 10.5 Å². The maximum absolute atomic E-state index is 13.1. The molecular weight excluding hydrogens is 373 g/mol. The largest absolute Gasteiger partial charge is 0.384 e. The first-order chi connectivity index (χ1) is 13.5. The summed E-state index contributed by atoms with van der Waals surface area (Å²) in [4.78, 5) is 14.0. The Labute approximate surface area is 168 Å². The van der Waals surface area contributed by atoms with Crippen molar-refractivity contribution in [3.05, 3.63) is 102 Å². The highest BCUT2D eigenvalue weighted by Gasteiger charge is 2.27. The third-order valence-corrected chi connectivity index (χ3v) is 5.68. The van der Waals surface area contributed by atoms with Crippen molar-refractivity contribution in [3.8, 4) is 0 Å². The highest BCUT2D eigenvalue weighted by atomic mass is 32.2. The van der Waals surface area contributed by atoms with Crippen molar-refractivity contribution in [2.45, 2.75) is 22.7 Å². The molecule has 144 valence electrons. The molecule has 3 aromatic carbocycles. The van der Waals surface area contributed by atoms with Crippen molar-refractivity contribution in [1.82, 2.24) is 5.32 Å². The van der Waals surface area contributed by atoms with Crippen LogP contribution in [0.5, 0.6) is 0 Å². The van der Waals surface area contributed by atoms with Gasteiger partial charge in [0.1, 0.15) is 16.7 Å². The van der Waals surface area contributed by atoms with E-state index in [1.807, 2.05) is 60.7 Å². The molecule has 0 aliphatic rings. The summed E-state index contributed by atoms with van der Waals surface area (Å²) in [6.07, 6.45) is 0. The Morgan fingerprint density at radius 2 is 1.57 bits per heavy atom. The van der Waals surface area contributed by atoms with Gasteiger partial charge in [-0.2, -0.15) is 0 Å². The van der Waals surface area contributed by atoms with Gasteiger partial charge in [0.05, 0.1) is 6.54 Å². The molecule has 0 fully saturated rings. The molecule has 0 radical (unpaired) electrons. The zero-order valence-electron chi connectivity index (χ0n) is 15.5. The van der Waals surface area contributed by atoms with Gasteiger partial charge in [0.2, 0.25) is 5.91 Å². The van der Waals surface area contributed by atoms with Crippen LogP contribution in [0.15, 0.2) is 89.8 Å². The topological polar surface area (TPSA) is 49.3 Å². The number of thioether (sulfide) groups is 1. The first kappa shape index (κ1) is 20.1. The Hall–Kier alpha value is -2.63. The van der Waals surface area contributed by atoms with Crippen LogP contribution < -0.4 is 5.32 Å². The van der Waals surface area contributed by atoms with E-state index in [9.17, 15) is 14.3 Å². The number of aliphatic hydroxyl groups is 1. The van der Waals surface area contributed by atoms with Crippen LogP contribution in [0.2, 0.25) is 0 Å². The first-order valence-electron chi connectivity index (χ1n) is 8.98. The van der Waals surface area contributed by atoms with Gasteiger partial charge in [0.25, 0.3) is 0 Å². The molecule has 0 aromatic heterocycles. The summed E-state index contributed by atoms with van der Waals surface area (Å²) in [7, 11) is 0. The van der Waals surface area contributed by atoms with Crippen molar-refractivity contribution in [1.29, 1.82) is 0 Å². The molecule has 3 nitrogen and oxygen atoms in total. The highest BCUT2D eigenvalue weighted by molar-refractivity contribution is 8.00. The molecule has 3 aromatic rings. The lowest BCUT2D eigenvalue weighted by Gasteiger charge is -2.26. The van der Waals surface area contributed by atoms with Gasteiger partial charge >= 0.3 is 0 Å². The van der Waals surface area contributed by atoms with E-state index in [2.05, 4.69) is 5.32 Å².